The summed E-state index contributed by atoms with van der Waals surface area (Å²) in [7, 11) is 1.61. The van der Waals surface area contributed by atoms with Crippen molar-refractivity contribution < 1.29 is 9.53 Å². The minimum absolute atomic E-state index is 0.188. The lowest BCUT2D eigenvalue weighted by Gasteiger charge is -2.00. The van der Waals surface area contributed by atoms with Crippen LogP contribution in [0.1, 0.15) is 11.4 Å². The number of carbonyl (C=O) groups is 1. The number of aromatic nitrogens is 3. The van der Waals surface area contributed by atoms with Gasteiger partial charge < -0.3 is 10.1 Å². The molecular weight excluding hydrogens is 244 g/mol. The van der Waals surface area contributed by atoms with Crippen molar-refractivity contribution in [3.63, 3.8) is 0 Å². The molecule has 0 aliphatic carbocycles. The molecule has 1 aromatic heterocycles. The van der Waals surface area contributed by atoms with Crippen molar-refractivity contribution in [3.05, 3.63) is 48.1 Å². The van der Waals surface area contributed by atoms with Gasteiger partial charge in [-0.05, 0) is 23.8 Å². The Morgan fingerprint density at radius 2 is 2.21 bits per heavy atom. The van der Waals surface area contributed by atoms with Crippen LogP contribution in [0, 0.1) is 0 Å². The van der Waals surface area contributed by atoms with E-state index in [4.69, 9.17) is 4.74 Å². The quantitative estimate of drug-likeness (QED) is 0.788. The third-order valence-corrected chi connectivity index (χ3v) is 2.44. The van der Waals surface area contributed by atoms with Crippen molar-refractivity contribution in [3.8, 4) is 5.75 Å². The van der Waals surface area contributed by atoms with Crippen molar-refractivity contribution in [1.29, 1.82) is 0 Å². The molecule has 0 atom stereocenters. The minimum Gasteiger partial charge on any atom is -0.497 e. The van der Waals surface area contributed by atoms with Gasteiger partial charge >= 0.3 is 0 Å². The van der Waals surface area contributed by atoms with E-state index in [-0.39, 0.29) is 5.91 Å². The Morgan fingerprint density at radius 3 is 2.84 bits per heavy atom. The molecule has 6 nitrogen and oxygen atoms in total. The van der Waals surface area contributed by atoms with Crippen LogP contribution in [0.15, 0.2) is 36.7 Å². The summed E-state index contributed by atoms with van der Waals surface area (Å²) in [5.41, 5.74) is 0.926. The second-order valence-corrected chi connectivity index (χ2v) is 3.76. The lowest BCUT2D eigenvalue weighted by Crippen LogP contribution is -2.20. The molecule has 0 saturated carbocycles. The standard InChI is InChI=1S/C13H14N4O2/c1-19-11-5-2-10(3-6-11)4-7-13(18)14-8-12-15-9-16-17-12/h2-7,9H,8H2,1H3,(H,14,18)(H,15,16,17)/b7-4+. The van der Waals surface area contributed by atoms with Gasteiger partial charge in [0.1, 0.15) is 17.9 Å². The highest BCUT2D eigenvalue weighted by molar-refractivity contribution is 5.91. The van der Waals surface area contributed by atoms with Gasteiger partial charge in [-0.3, -0.25) is 9.89 Å². The number of ether oxygens (including phenoxy) is 1. The van der Waals surface area contributed by atoms with E-state index in [0.29, 0.717) is 12.4 Å². The molecule has 1 heterocycles. The highest BCUT2D eigenvalue weighted by atomic mass is 16.5. The fourth-order valence-electron chi connectivity index (χ4n) is 1.43. The second-order valence-electron chi connectivity index (χ2n) is 3.76. The summed E-state index contributed by atoms with van der Waals surface area (Å²) in [4.78, 5) is 15.5. The number of carbonyl (C=O) groups excluding carboxylic acids is 1. The zero-order valence-corrected chi connectivity index (χ0v) is 10.5. The third-order valence-electron chi connectivity index (χ3n) is 2.44. The zero-order chi connectivity index (χ0) is 13.5. The Kier molecular flexibility index (Phi) is 4.28. The van der Waals surface area contributed by atoms with Gasteiger partial charge in [-0.25, -0.2) is 4.98 Å². The van der Waals surface area contributed by atoms with Crippen LogP contribution in [0.3, 0.4) is 0 Å². The van der Waals surface area contributed by atoms with Crippen LogP contribution >= 0.6 is 0 Å². The molecule has 0 unspecified atom stereocenters. The second kappa shape index (κ2) is 6.34. The fourth-order valence-corrected chi connectivity index (χ4v) is 1.43. The number of rotatable bonds is 5. The number of benzene rings is 1. The topological polar surface area (TPSA) is 79.9 Å². The first kappa shape index (κ1) is 12.8. The maximum absolute atomic E-state index is 11.5. The molecular formula is C13H14N4O2. The molecule has 2 N–H and O–H groups in total. The van der Waals surface area contributed by atoms with E-state index in [2.05, 4.69) is 20.5 Å². The molecule has 1 aromatic carbocycles. The normalized spacial score (nSPS) is 10.6. The van der Waals surface area contributed by atoms with Gasteiger partial charge in [0, 0.05) is 6.08 Å². The first-order valence-corrected chi connectivity index (χ1v) is 5.72. The summed E-state index contributed by atoms with van der Waals surface area (Å²) >= 11 is 0. The van der Waals surface area contributed by atoms with Crippen molar-refractivity contribution in [2.24, 2.45) is 0 Å². The highest BCUT2D eigenvalue weighted by Crippen LogP contribution is 2.12. The van der Waals surface area contributed by atoms with Crippen LogP contribution in [0.5, 0.6) is 5.75 Å². The Hall–Kier alpha value is -2.63. The van der Waals surface area contributed by atoms with E-state index in [9.17, 15) is 4.79 Å². The number of nitrogens with zero attached hydrogens (tertiary/aromatic N) is 2. The summed E-state index contributed by atoms with van der Waals surface area (Å²) in [6, 6.07) is 7.43. The van der Waals surface area contributed by atoms with Crippen molar-refractivity contribution in [2.75, 3.05) is 7.11 Å². The number of amides is 1. The number of H-pyrrole nitrogens is 1. The largest absolute Gasteiger partial charge is 0.497 e. The van der Waals surface area contributed by atoms with E-state index in [1.165, 1.54) is 12.4 Å². The van der Waals surface area contributed by atoms with Gasteiger partial charge in [0.2, 0.25) is 5.91 Å². The molecule has 2 rings (SSSR count). The van der Waals surface area contributed by atoms with E-state index in [1.54, 1.807) is 13.2 Å². The van der Waals surface area contributed by atoms with E-state index in [1.807, 2.05) is 24.3 Å². The summed E-state index contributed by atoms with van der Waals surface area (Å²) in [5.74, 6) is 1.21. The molecule has 98 valence electrons. The Labute approximate surface area is 110 Å². The van der Waals surface area contributed by atoms with Crippen molar-refractivity contribution in [2.45, 2.75) is 6.54 Å². The average Bonchev–Trinajstić information content (AvgIpc) is 2.96. The van der Waals surface area contributed by atoms with Gasteiger partial charge in [0.25, 0.3) is 0 Å². The molecule has 0 spiro atoms. The number of hydrogen-bond donors (Lipinski definition) is 2. The molecule has 19 heavy (non-hydrogen) atoms. The van der Waals surface area contributed by atoms with Gasteiger partial charge in [-0.1, -0.05) is 12.1 Å². The van der Waals surface area contributed by atoms with Crippen LogP contribution in [-0.4, -0.2) is 28.2 Å². The number of nitrogens with one attached hydrogen (secondary N) is 2. The maximum atomic E-state index is 11.5. The lowest BCUT2D eigenvalue weighted by molar-refractivity contribution is -0.116. The zero-order valence-electron chi connectivity index (χ0n) is 10.5. The molecule has 2 aromatic rings. The fraction of sp³-hybridized carbons (Fsp3) is 0.154. The predicted molar refractivity (Wildman–Crippen MR) is 70.3 cm³/mol. The molecule has 0 fully saturated rings. The van der Waals surface area contributed by atoms with E-state index >= 15 is 0 Å². The van der Waals surface area contributed by atoms with Gasteiger partial charge in [-0.15, -0.1) is 0 Å². The highest BCUT2D eigenvalue weighted by Gasteiger charge is 1.98. The molecule has 1 amide bonds. The predicted octanol–water partition coefficient (Wildman–Crippen LogP) is 1.14. The minimum atomic E-state index is -0.188. The Bertz CT molecular complexity index is 547. The summed E-state index contributed by atoms with van der Waals surface area (Å²) < 4.78 is 5.05. The van der Waals surface area contributed by atoms with E-state index < -0.39 is 0 Å². The number of aromatic amines is 1. The van der Waals surface area contributed by atoms with Crippen LogP contribution in [-0.2, 0) is 11.3 Å². The van der Waals surface area contributed by atoms with Gasteiger partial charge in [0.05, 0.1) is 13.7 Å². The molecule has 0 aliphatic heterocycles. The van der Waals surface area contributed by atoms with Crippen LogP contribution in [0.25, 0.3) is 6.08 Å². The van der Waals surface area contributed by atoms with Crippen LogP contribution < -0.4 is 10.1 Å². The molecule has 0 aliphatic rings. The third kappa shape index (κ3) is 3.95. The Morgan fingerprint density at radius 1 is 1.42 bits per heavy atom. The van der Waals surface area contributed by atoms with Crippen molar-refractivity contribution >= 4 is 12.0 Å². The van der Waals surface area contributed by atoms with E-state index in [0.717, 1.165) is 11.3 Å². The first-order valence-electron chi connectivity index (χ1n) is 5.72. The van der Waals surface area contributed by atoms with Gasteiger partial charge in [-0.2, -0.15) is 5.10 Å². The monoisotopic (exact) mass is 258 g/mol. The summed E-state index contributed by atoms with van der Waals surface area (Å²) in [5, 5.41) is 9.05. The molecule has 0 radical (unpaired) electrons. The average molecular weight is 258 g/mol. The number of methoxy groups -OCH3 is 1. The molecule has 0 bridgehead atoms. The summed E-state index contributed by atoms with van der Waals surface area (Å²) in [6.07, 6.45) is 4.60. The van der Waals surface area contributed by atoms with Gasteiger partial charge in [0.15, 0.2) is 0 Å². The number of hydrogen-bond acceptors (Lipinski definition) is 4. The molecule has 0 saturated heterocycles. The van der Waals surface area contributed by atoms with Crippen LogP contribution in [0.2, 0.25) is 0 Å². The Balaban J connectivity index is 1.85. The first-order chi connectivity index (χ1) is 9.28. The lowest BCUT2D eigenvalue weighted by atomic mass is 10.2. The molecule has 6 heteroatoms. The summed E-state index contributed by atoms with van der Waals surface area (Å²) in [6.45, 7) is 0.325. The van der Waals surface area contributed by atoms with Crippen molar-refractivity contribution in [1.82, 2.24) is 20.5 Å². The SMILES string of the molecule is COc1ccc(/C=C/C(=O)NCc2ncn[nH]2)cc1. The maximum Gasteiger partial charge on any atom is 0.244 e. The van der Waals surface area contributed by atoms with Crippen LogP contribution in [0.4, 0.5) is 0 Å². The smallest absolute Gasteiger partial charge is 0.244 e.